The number of carboxylic acid groups (broad SMARTS) is 1. The number of aromatic carboxylic acids is 1. The summed E-state index contributed by atoms with van der Waals surface area (Å²) in [5.41, 5.74) is 1.00. The zero-order valence-electron chi connectivity index (χ0n) is 20.9. The number of sulfone groups is 1. The highest BCUT2D eigenvalue weighted by Crippen LogP contribution is 2.27. The SMILES string of the molecule is C=N/N=C\N(N)c1ccc(Cl)cc1S(=O)(=O)CC(=O)N[C@@H](Cc1ccccc1)C(=O)Nc1ccc(C(=O)O)cc1. The molecule has 0 saturated heterocycles. The molecule has 3 aromatic rings. The first-order valence-corrected chi connectivity index (χ1v) is 13.6. The molecule has 0 aromatic heterocycles. The smallest absolute Gasteiger partial charge is 0.335 e. The van der Waals surface area contributed by atoms with Gasteiger partial charge in [-0.25, -0.2) is 19.1 Å². The minimum absolute atomic E-state index is 0.0204. The Kier molecular flexibility index (Phi) is 10.1. The zero-order chi connectivity index (χ0) is 29.3. The number of carbonyl (C=O) groups excluding carboxylic acids is 2. The van der Waals surface area contributed by atoms with E-state index in [-0.39, 0.29) is 33.3 Å². The van der Waals surface area contributed by atoms with Gasteiger partial charge in [0.25, 0.3) is 0 Å². The molecular weight excluding hydrogens is 560 g/mol. The number of hydrogen-bond acceptors (Lipinski definition) is 8. The number of benzene rings is 3. The van der Waals surface area contributed by atoms with E-state index in [9.17, 15) is 22.8 Å². The number of nitrogens with zero attached hydrogens (tertiary/aromatic N) is 3. The van der Waals surface area contributed by atoms with Crippen LogP contribution in [0, 0.1) is 0 Å². The van der Waals surface area contributed by atoms with Crippen molar-refractivity contribution in [2.75, 3.05) is 16.1 Å². The molecule has 40 heavy (non-hydrogen) atoms. The van der Waals surface area contributed by atoms with Crippen molar-refractivity contribution >= 4 is 63.7 Å². The molecule has 0 aliphatic carbocycles. The van der Waals surface area contributed by atoms with Crippen LogP contribution in [0.25, 0.3) is 0 Å². The maximum Gasteiger partial charge on any atom is 0.335 e. The molecule has 0 saturated carbocycles. The van der Waals surface area contributed by atoms with Gasteiger partial charge in [0.1, 0.15) is 18.1 Å². The summed E-state index contributed by atoms with van der Waals surface area (Å²) in [6.07, 6.45) is 1.08. The van der Waals surface area contributed by atoms with Gasteiger partial charge in [0.2, 0.25) is 11.8 Å². The molecule has 0 fully saturated rings. The summed E-state index contributed by atoms with van der Waals surface area (Å²) in [5, 5.41) is 21.9. The van der Waals surface area contributed by atoms with Crippen LogP contribution < -0.4 is 21.5 Å². The van der Waals surface area contributed by atoms with E-state index < -0.39 is 39.4 Å². The standard InChI is InChI=1S/C26H25ClN6O6S/c1-29-30-16-33(28)22-12-9-19(27)14-23(22)40(38,39)15-24(34)32-21(13-17-5-3-2-4-6-17)25(35)31-20-10-7-18(8-11-20)26(36)37/h2-12,14,16,21H,1,13,15,28H2,(H,31,35)(H,32,34)(H,36,37)/b30-16-/t21-/m0/s1. The van der Waals surface area contributed by atoms with Crippen molar-refractivity contribution in [3.05, 3.63) is 88.9 Å². The van der Waals surface area contributed by atoms with E-state index in [1.807, 2.05) is 0 Å². The van der Waals surface area contributed by atoms with Crippen molar-refractivity contribution in [3.8, 4) is 0 Å². The predicted octanol–water partition coefficient (Wildman–Crippen LogP) is 2.50. The highest BCUT2D eigenvalue weighted by Gasteiger charge is 2.28. The number of hydrazine groups is 1. The maximum absolute atomic E-state index is 13.3. The fraction of sp³-hybridized carbons (Fsp3) is 0.115. The summed E-state index contributed by atoms with van der Waals surface area (Å²) in [6, 6.07) is 16.9. The van der Waals surface area contributed by atoms with Crippen molar-refractivity contribution in [1.82, 2.24) is 5.32 Å². The maximum atomic E-state index is 13.3. The van der Waals surface area contributed by atoms with Crippen molar-refractivity contribution in [3.63, 3.8) is 0 Å². The highest BCUT2D eigenvalue weighted by molar-refractivity contribution is 7.92. The van der Waals surface area contributed by atoms with Gasteiger partial charge >= 0.3 is 5.97 Å². The average Bonchev–Trinajstić information content (AvgIpc) is 2.91. The largest absolute Gasteiger partial charge is 0.478 e. The molecule has 0 unspecified atom stereocenters. The first-order valence-electron chi connectivity index (χ1n) is 11.5. The van der Waals surface area contributed by atoms with Gasteiger partial charge in [0, 0.05) is 23.8 Å². The van der Waals surface area contributed by atoms with E-state index in [1.54, 1.807) is 30.3 Å². The molecule has 0 spiro atoms. The molecule has 208 valence electrons. The Morgan fingerprint density at radius 3 is 2.38 bits per heavy atom. The lowest BCUT2D eigenvalue weighted by atomic mass is 10.0. The van der Waals surface area contributed by atoms with Gasteiger partial charge < -0.3 is 15.7 Å². The van der Waals surface area contributed by atoms with Gasteiger partial charge in [0.05, 0.1) is 16.1 Å². The fourth-order valence-corrected chi connectivity index (χ4v) is 5.20. The molecule has 1 atom stereocenters. The number of carbonyl (C=O) groups is 3. The van der Waals surface area contributed by atoms with Crippen molar-refractivity contribution in [2.45, 2.75) is 17.4 Å². The minimum Gasteiger partial charge on any atom is -0.478 e. The third-order valence-corrected chi connectivity index (χ3v) is 7.32. The second kappa shape index (κ2) is 13.5. The van der Waals surface area contributed by atoms with Gasteiger partial charge in [-0.3, -0.25) is 14.6 Å². The van der Waals surface area contributed by atoms with Crippen LogP contribution in [0.3, 0.4) is 0 Å². The molecule has 2 amide bonds. The molecule has 0 aliphatic heterocycles. The number of nitrogens with one attached hydrogen (secondary N) is 2. The van der Waals surface area contributed by atoms with Crippen LogP contribution in [0.2, 0.25) is 5.02 Å². The second-order valence-electron chi connectivity index (χ2n) is 8.33. The van der Waals surface area contributed by atoms with Gasteiger partial charge in [-0.1, -0.05) is 41.9 Å². The molecule has 0 aliphatic rings. The molecule has 0 bridgehead atoms. The summed E-state index contributed by atoms with van der Waals surface area (Å²) in [5.74, 6) is 2.14. The topological polar surface area (TPSA) is 184 Å². The van der Waals surface area contributed by atoms with Crippen LogP contribution in [0.1, 0.15) is 15.9 Å². The Hall–Kier alpha value is -4.59. The van der Waals surface area contributed by atoms with Crippen LogP contribution in [-0.2, 0) is 25.8 Å². The summed E-state index contributed by atoms with van der Waals surface area (Å²) in [7, 11) is -4.31. The lowest BCUT2D eigenvalue weighted by Crippen LogP contribution is -2.47. The lowest BCUT2D eigenvalue weighted by Gasteiger charge is -2.20. The predicted molar refractivity (Wildman–Crippen MR) is 152 cm³/mol. The normalized spacial score (nSPS) is 11.9. The van der Waals surface area contributed by atoms with Gasteiger partial charge in [-0.05, 0) is 48.0 Å². The fourth-order valence-electron chi connectivity index (χ4n) is 3.58. The van der Waals surface area contributed by atoms with Crippen LogP contribution in [0.4, 0.5) is 11.4 Å². The lowest BCUT2D eigenvalue weighted by molar-refractivity contribution is -0.125. The Morgan fingerprint density at radius 2 is 1.75 bits per heavy atom. The molecule has 14 heteroatoms. The highest BCUT2D eigenvalue weighted by atomic mass is 35.5. The van der Waals surface area contributed by atoms with Crippen LogP contribution in [0.15, 0.2) is 87.9 Å². The first kappa shape index (κ1) is 30.0. The number of anilines is 2. The van der Waals surface area contributed by atoms with Gasteiger partial charge in [-0.2, -0.15) is 5.10 Å². The van der Waals surface area contributed by atoms with Crippen molar-refractivity contribution < 1.29 is 27.9 Å². The van der Waals surface area contributed by atoms with E-state index >= 15 is 0 Å². The average molecular weight is 585 g/mol. The number of hydrogen-bond donors (Lipinski definition) is 4. The number of halogens is 1. The number of amides is 2. The molecule has 3 rings (SSSR count). The van der Waals surface area contributed by atoms with Crippen molar-refractivity contribution in [1.29, 1.82) is 0 Å². The first-order chi connectivity index (χ1) is 19.0. The molecule has 0 heterocycles. The molecule has 12 nitrogen and oxygen atoms in total. The minimum atomic E-state index is -4.31. The van der Waals surface area contributed by atoms with E-state index in [0.717, 1.165) is 17.4 Å². The molecule has 0 radical (unpaired) electrons. The second-order valence-corrected chi connectivity index (χ2v) is 10.7. The number of carboxylic acids is 1. The third-order valence-electron chi connectivity index (χ3n) is 5.45. The Bertz CT molecular complexity index is 1530. The quantitative estimate of drug-likeness (QED) is 0.108. The van der Waals surface area contributed by atoms with E-state index in [2.05, 4.69) is 27.6 Å². The Labute approximate surface area is 235 Å². The zero-order valence-corrected chi connectivity index (χ0v) is 22.5. The van der Waals surface area contributed by atoms with E-state index in [0.29, 0.717) is 5.56 Å². The Morgan fingerprint density at radius 1 is 1.07 bits per heavy atom. The summed E-state index contributed by atoms with van der Waals surface area (Å²) < 4.78 is 26.5. The summed E-state index contributed by atoms with van der Waals surface area (Å²) >= 11 is 6.02. The summed E-state index contributed by atoms with van der Waals surface area (Å²) in [6.45, 7) is 3.18. The molecular formula is C26H25ClN6O6S. The van der Waals surface area contributed by atoms with Crippen LogP contribution in [-0.4, -0.2) is 56.2 Å². The van der Waals surface area contributed by atoms with Crippen molar-refractivity contribution in [2.24, 2.45) is 16.0 Å². The molecule has 3 aromatic carbocycles. The Balaban J connectivity index is 1.83. The van der Waals surface area contributed by atoms with E-state index in [1.165, 1.54) is 36.4 Å². The number of rotatable bonds is 12. The monoisotopic (exact) mass is 584 g/mol. The van der Waals surface area contributed by atoms with E-state index in [4.69, 9.17) is 22.6 Å². The third kappa shape index (κ3) is 8.20. The van der Waals surface area contributed by atoms with Crippen LogP contribution >= 0.6 is 11.6 Å². The number of nitrogens with two attached hydrogens (primary N) is 1. The van der Waals surface area contributed by atoms with Gasteiger partial charge in [-0.15, -0.1) is 5.10 Å². The van der Waals surface area contributed by atoms with Gasteiger partial charge in [0.15, 0.2) is 9.84 Å². The molecule has 5 N–H and O–H groups in total. The summed E-state index contributed by atoms with van der Waals surface area (Å²) in [4.78, 5) is 36.9. The van der Waals surface area contributed by atoms with Crippen LogP contribution in [0.5, 0.6) is 0 Å².